The minimum atomic E-state index is -0.862. The van der Waals surface area contributed by atoms with Crippen molar-refractivity contribution in [2.75, 3.05) is 13.1 Å². The topological polar surface area (TPSA) is 57.6 Å². The molecule has 2 heterocycles. The van der Waals surface area contributed by atoms with Gasteiger partial charge < -0.3 is 10.0 Å². The maximum atomic E-state index is 12.5. The Morgan fingerprint density at radius 1 is 1.15 bits per heavy atom. The van der Waals surface area contributed by atoms with Crippen LogP contribution in [-0.2, 0) is 17.6 Å². The summed E-state index contributed by atoms with van der Waals surface area (Å²) in [4.78, 5) is 28.5. The quantitative estimate of drug-likeness (QED) is 0.760. The fourth-order valence-electron chi connectivity index (χ4n) is 3.80. The van der Waals surface area contributed by atoms with Gasteiger partial charge in [-0.05, 0) is 68.7 Å². The normalized spacial score (nSPS) is 15.1. The third-order valence-corrected chi connectivity index (χ3v) is 6.39. The highest BCUT2D eigenvalue weighted by Gasteiger charge is 2.23. The average Bonchev–Trinajstić information content (AvgIpc) is 3.07. The van der Waals surface area contributed by atoms with Crippen LogP contribution in [0.15, 0.2) is 36.4 Å². The van der Waals surface area contributed by atoms with Crippen molar-refractivity contribution in [3.8, 4) is 0 Å². The van der Waals surface area contributed by atoms with Gasteiger partial charge >= 0.3 is 5.97 Å². The second-order valence-corrected chi connectivity index (χ2v) is 8.73. The van der Waals surface area contributed by atoms with E-state index in [0.717, 1.165) is 50.8 Å². The van der Waals surface area contributed by atoms with E-state index in [4.69, 9.17) is 0 Å². The van der Waals surface area contributed by atoms with Crippen LogP contribution in [0.4, 0.5) is 0 Å². The number of aromatic carboxylic acids is 1. The van der Waals surface area contributed by atoms with Crippen molar-refractivity contribution in [1.82, 2.24) is 4.90 Å². The van der Waals surface area contributed by atoms with Gasteiger partial charge in [0.05, 0.1) is 5.56 Å². The SMILES string of the molecule is Cc1ccc(CCCC(=O)N2CCC(Cc3ccccc3C(=O)O)CC2)s1. The molecule has 0 spiro atoms. The number of likely N-dealkylation sites (tertiary alicyclic amines) is 1. The molecule has 1 saturated heterocycles. The van der Waals surface area contributed by atoms with Crippen LogP contribution in [0.25, 0.3) is 0 Å². The lowest BCUT2D eigenvalue weighted by atomic mass is 9.88. The summed E-state index contributed by atoms with van der Waals surface area (Å²) in [5.74, 6) is -0.157. The number of carboxylic acids is 1. The van der Waals surface area contributed by atoms with Crippen molar-refractivity contribution < 1.29 is 14.7 Å². The molecule has 5 heteroatoms. The first kappa shape index (κ1) is 19.6. The number of benzene rings is 1. The van der Waals surface area contributed by atoms with Gasteiger partial charge in [0, 0.05) is 29.3 Å². The van der Waals surface area contributed by atoms with Crippen LogP contribution in [0.5, 0.6) is 0 Å². The Labute approximate surface area is 164 Å². The summed E-state index contributed by atoms with van der Waals surface area (Å²) in [6.45, 7) is 3.69. The molecular weight excluding hydrogens is 358 g/mol. The maximum Gasteiger partial charge on any atom is 0.335 e. The number of nitrogens with zero attached hydrogens (tertiary/aromatic N) is 1. The number of piperidine rings is 1. The molecule has 1 aliphatic heterocycles. The Bertz CT molecular complexity index is 790. The fraction of sp³-hybridized carbons (Fsp3) is 0.455. The molecule has 3 rings (SSSR count). The first-order valence-corrected chi connectivity index (χ1v) is 10.5. The van der Waals surface area contributed by atoms with E-state index in [1.165, 1.54) is 9.75 Å². The monoisotopic (exact) mass is 385 g/mol. The Hall–Kier alpha value is -2.14. The van der Waals surface area contributed by atoms with Crippen LogP contribution >= 0.6 is 11.3 Å². The number of aryl methyl sites for hydroxylation is 2. The predicted molar refractivity (Wildman–Crippen MR) is 108 cm³/mol. The molecular formula is C22H27NO3S. The van der Waals surface area contributed by atoms with Crippen LogP contribution < -0.4 is 0 Å². The number of carbonyl (C=O) groups excluding carboxylic acids is 1. The molecule has 2 aromatic rings. The van der Waals surface area contributed by atoms with Gasteiger partial charge in [-0.3, -0.25) is 4.79 Å². The first-order valence-electron chi connectivity index (χ1n) is 9.67. The molecule has 0 saturated carbocycles. The fourth-order valence-corrected chi connectivity index (χ4v) is 4.73. The predicted octanol–water partition coefficient (Wildman–Crippen LogP) is 4.56. The van der Waals surface area contributed by atoms with E-state index in [1.807, 2.05) is 28.4 Å². The molecule has 1 aromatic carbocycles. The number of amides is 1. The summed E-state index contributed by atoms with van der Waals surface area (Å²) >= 11 is 1.81. The molecule has 0 atom stereocenters. The van der Waals surface area contributed by atoms with Crippen molar-refractivity contribution in [2.24, 2.45) is 5.92 Å². The Kier molecular flexibility index (Phi) is 6.67. The van der Waals surface area contributed by atoms with E-state index in [0.29, 0.717) is 17.9 Å². The molecule has 0 aliphatic carbocycles. The molecule has 0 radical (unpaired) electrons. The molecule has 1 amide bonds. The summed E-state index contributed by atoms with van der Waals surface area (Å²) in [7, 11) is 0. The number of carbonyl (C=O) groups is 2. The zero-order valence-electron chi connectivity index (χ0n) is 15.8. The van der Waals surface area contributed by atoms with Gasteiger partial charge in [-0.25, -0.2) is 4.79 Å². The van der Waals surface area contributed by atoms with Gasteiger partial charge in [-0.1, -0.05) is 18.2 Å². The van der Waals surface area contributed by atoms with Gasteiger partial charge in [-0.2, -0.15) is 0 Å². The molecule has 27 heavy (non-hydrogen) atoms. The standard InChI is InChI=1S/C22H27NO3S/c1-16-9-10-19(27-16)6-4-8-21(24)23-13-11-17(12-14-23)15-18-5-2-3-7-20(18)22(25)26/h2-3,5,7,9-10,17H,4,6,8,11-15H2,1H3,(H,25,26). The third-order valence-electron chi connectivity index (χ3n) is 5.33. The van der Waals surface area contributed by atoms with Crippen molar-refractivity contribution in [1.29, 1.82) is 0 Å². The van der Waals surface area contributed by atoms with Crippen LogP contribution in [0, 0.1) is 12.8 Å². The molecule has 1 aromatic heterocycles. The number of rotatable bonds is 7. The number of hydrogen-bond donors (Lipinski definition) is 1. The van der Waals surface area contributed by atoms with Gasteiger partial charge in [0.1, 0.15) is 0 Å². The highest BCUT2D eigenvalue weighted by molar-refractivity contribution is 7.11. The maximum absolute atomic E-state index is 12.5. The summed E-state index contributed by atoms with van der Waals surface area (Å²) in [6, 6.07) is 11.5. The molecule has 1 N–H and O–H groups in total. The molecule has 1 aliphatic rings. The minimum absolute atomic E-state index is 0.257. The van der Waals surface area contributed by atoms with Crippen LogP contribution in [0.3, 0.4) is 0 Å². The van der Waals surface area contributed by atoms with E-state index in [-0.39, 0.29) is 5.91 Å². The van der Waals surface area contributed by atoms with E-state index in [9.17, 15) is 14.7 Å². The lowest BCUT2D eigenvalue weighted by Crippen LogP contribution is -2.38. The lowest BCUT2D eigenvalue weighted by Gasteiger charge is -2.32. The molecule has 4 nitrogen and oxygen atoms in total. The zero-order valence-corrected chi connectivity index (χ0v) is 16.6. The minimum Gasteiger partial charge on any atom is -0.478 e. The van der Waals surface area contributed by atoms with E-state index in [1.54, 1.807) is 12.1 Å². The van der Waals surface area contributed by atoms with E-state index >= 15 is 0 Å². The Morgan fingerprint density at radius 3 is 2.56 bits per heavy atom. The average molecular weight is 386 g/mol. The smallest absolute Gasteiger partial charge is 0.335 e. The highest BCUT2D eigenvalue weighted by Crippen LogP contribution is 2.24. The summed E-state index contributed by atoms with van der Waals surface area (Å²) in [5.41, 5.74) is 1.31. The summed E-state index contributed by atoms with van der Waals surface area (Å²) in [5, 5.41) is 9.32. The molecule has 144 valence electrons. The zero-order chi connectivity index (χ0) is 19.2. The van der Waals surface area contributed by atoms with Crippen LogP contribution in [-0.4, -0.2) is 35.0 Å². The molecule has 0 bridgehead atoms. The van der Waals surface area contributed by atoms with Gasteiger partial charge in [-0.15, -0.1) is 11.3 Å². The van der Waals surface area contributed by atoms with Crippen molar-refractivity contribution in [3.63, 3.8) is 0 Å². The van der Waals surface area contributed by atoms with Crippen molar-refractivity contribution >= 4 is 23.2 Å². The Morgan fingerprint density at radius 2 is 1.89 bits per heavy atom. The first-order chi connectivity index (χ1) is 13.0. The molecule has 1 fully saturated rings. The van der Waals surface area contributed by atoms with E-state index < -0.39 is 5.97 Å². The van der Waals surface area contributed by atoms with Gasteiger partial charge in [0.2, 0.25) is 5.91 Å². The third kappa shape index (κ3) is 5.42. The van der Waals surface area contributed by atoms with Gasteiger partial charge in [0.15, 0.2) is 0 Å². The summed E-state index contributed by atoms with van der Waals surface area (Å²) in [6.07, 6.45) is 5.18. The number of thiophene rings is 1. The van der Waals surface area contributed by atoms with Crippen LogP contribution in [0.2, 0.25) is 0 Å². The second-order valence-electron chi connectivity index (χ2n) is 7.36. The second kappa shape index (κ2) is 9.18. The number of carboxylic acid groups (broad SMARTS) is 1. The summed E-state index contributed by atoms with van der Waals surface area (Å²) < 4.78 is 0. The molecule has 0 unspecified atom stereocenters. The van der Waals surface area contributed by atoms with Crippen LogP contribution in [0.1, 0.15) is 51.4 Å². The van der Waals surface area contributed by atoms with E-state index in [2.05, 4.69) is 19.1 Å². The largest absolute Gasteiger partial charge is 0.478 e. The number of hydrogen-bond acceptors (Lipinski definition) is 3. The lowest BCUT2D eigenvalue weighted by molar-refractivity contribution is -0.132. The van der Waals surface area contributed by atoms with Crippen molar-refractivity contribution in [2.45, 2.75) is 45.4 Å². The van der Waals surface area contributed by atoms with Crippen molar-refractivity contribution in [3.05, 3.63) is 57.3 Å². The van der Waals surface area contributed by atoms with Gasteiger partial charge in [0.25, 0.3) is 0 Å². The highest BCUT2D eigenvalue weighted by atomic mass is 32.1. The Balaban J connectivity index is 1.43.